The standard InChI is InChI=1S/C14H15BrN2O4/c1-14(2,3)21-13(20)12-9-6-8(15)4-5-10(9)17(16-12)7-11(18)19/h4-6H,7H2,1-3H3,(H,18,19). The molecule has 0 radical (unpaired) electrons. The van der Waals surface area contributed by atoms with Gasteiger partial charge in [-0.2, -0.15) is 5.10 Å². The van der Waals surface area contributed by atoms with Crippen molar-refractivity contribution < 1.29 is 19.4 Å². The summed E-state index contributed by atoms with van der Waals surface area (Å²) in [5, 5.41) is 13.6. The van der Waals surface area contributed by atoms with Gasteiger partial charge in [0, 0.05) is 9.86 Å². The second kappa shape index (κ2) is 5.48. The van der Waals surface area contributed by atoms with E-state index in [1.807, 2.05) is 0 Å². The summed E-state index contributed by atoms with van der Waals surface area (Å²) in [5.41, 5.74) is 0.0374. The predicted molar refractivity (Wildman–Crippen MR) is 80.2 cm³/mol. The van der Waals surface area contributed by atoms with Gasteiger partial charge in [0.15, 0.2) is 5.69 Å². The number of hydrogen-bond donors (Lipinski definition) is 1. The van der Waals surface area contributed by atoms with E-state index in [-0.39, 0.29) is 12.2 Å². The van der Waals surface area contributed by atoms with E-state index in [9.17, 15) is 9.59 Å². The van der Waals surface area contributed by atoms with Crippen molar-refractivity contribution in [2.24, 2.45) is 0 Å². The third-order valence-corrected chi connectivity index (χ3v) is 3.08. The van der Waals surface area contributed by atoms with Gasteiger partial charge in [0.2, 0.25) is 0 Å². The molecule has 0 spiro atoms. The number of hydrogen-bond acceptors (Lipinski definition) is 4. The highest BCUT2D eigenvalue weighted by atomic mass is 79.9. The van der Waals surface area contributed by atoms with Crippen LogP contribution in [0, 0.1) is 0 Å². The largest absolute Gasteiger partial charge is 0.480 e. The molecule has 1 aromatic heterocycles. The number of benzene rings is 1. The molecule has 0 aliphatic carbocycles. The van der Waals surface area contributed by atoms with Gasteiger partial charge in [0.25, 0.3) is 0 Å². The van der Waals surface area contributed by atoms with Crippen LogP contribution < -0.4 is 0 Å². The smallest absolute Gasteiger partial charge is 0.360 e. The highest BCUT2D eigenvalue weighted by Crippen LogP contribution is 2.25. The van der Waals surface area contributed by atoms with E-state index >= 15 is 0 Å². The predicted octanol–water partition coefficient (Wildman–Crippen LogP) is 2.84. The number of carbonyl (C=O) groups excluding carboxylic acids is 1. The van der Waals surface area contributed by atoms with E-state index < -0.39 is 17.5 Å². The van der Waals surface area contributed by atoms with Crippen LogP contribution >= 0.6 is 15.9 Å². The van der Waals surface area contributed by atoms with Gasteiger partial charge in [-0.3, -0.25) is 9.48 Å². The Hall–Kier alpha value is -1.89. The number of ether oxygens (including phenoxy) is 1. The van der Waals surface area contributed by atoms with Crippen LogP contribution in [-0.2, 0) is 16.1 Å². The Labute approximate surface area is 129 Å². The molecule has 6 nitrogen and oxygen atoms in total. The van der Waals surface area contributed by atoms with Gasteiger partial charge in [-0.1, -0.05) is 15.9 Å². The average molecular weight is 355 g/mol. The van der Waals surface area contributed by atoms with Crippen molar-refractivity contribution in [3.05, 3.63) is 28.4 Å². The number of aliphatic carboxylic acids is 1. The zero-order valence-electron chi connectivity index (χ0n) is 11.9. The number of nitrogens with zero attached hydrogens (tertiary/aromatic N) is 2. The lowest BCUT2D eigenvalue weighted by molar-refractivity contribution is -0.137. The molecule has 0 saturated carbocycles. The monoisotopic (exact) mass is 354 g/mol. The molecule has 2 aromatic rings. The zero-order chi connectivity index (χ0) is 15.8. The summed E-state index contributed by atoms with van der Waals surface area (Å²) in [6.07, 6.45) is 0. The van der Waals surface area contributed by atoms with E-state index in [4.69, 9.17) is 9.84 Å². The summed E-state index contributed by atoms with van der Waals surface area (Å²) < 4.78 is 7.37. The van der Waals surface area contributed by atoms with E-state index in [2.05, 4.69) is 21.0 Å². The van der Waals surface area contributed by atoms with Crippen molar-refractivity contribution in [2.45, 2.75) is 32.9 Å². The lowest BCUT2D eigenvalue weighted by atomic mass is 10.2. The third kappa shape index (κ3) is 3.60. The minimum Gasteiger partial charge on any atom is -0.480 e. The summed E-state index contributed by atoms with van der Waals surface area (Å²) in [5.74, 6) is -1.60. The molecule has 112 valence electrons. The molecule has 0 unspecified atom stereocenters. The van der Waals surface area contributed by atoms with Crippen LogP contribution in [0.15, 0.2) is 22.7 Å². The molecule has 1 aromatic carbocycles. The fraction of sp³-hybridized carbons (Fsp3) is 0.357. The lowest BCUT2D eigenvalue weighted by Gasteiger charge is -2.18. The molecule has 0 fully saturated rings. The molecular formula is C14H15BrN2O4. The molecule has 0 aliphatic rings. The van der Waals surface area contributed by atoms with Crippen molar-refractivity contribution in [2.75, 3.05) is 0 Å². The molecule has 1 heterocycles. The van der Waals surface area contributed by atoms with Gasteiger partial charge >= 0.3 is 11.9 Å². The number of halogens is 1. The lowest BCUT2D eigenvalue weighted by Crippen LogP contribution is -2.24. The molecule has 0 atom stereocenters. The third-order valence-electron chi connectivity index (χ3n) is 2.59. The number of rotatable bonds is 3. The highest BCUT2D eigenvalue weighted by Gasteiger charge is 2.24. The molecule has 0 bridgehead atoms. The van der Waals surface area contributed by atoms with Crippen LogP contribution in [0.2, 0.25) is 0 Å². The molecule has 2 rings (SSSR count). The summed E-state index contributed by atoms with van der Waals surface area (Å²) >= 11 is 3.33. The van der Waals surface area contributed by atoms with Gasteiger partial charge in [-0.05, 0) is 39.0 Å². The first-order valence-electron chi connectivity index (χ1n) is 6.28. The second-order valence-electron chi connectivity index (χ2n) is 5.56. The van der Waals surface area contributed by atoms with E-state index in [1.165, 1.54) is 4.68 Å². The maximum Gasteiger partial charge on any atom is 0.360 e. The van der Waals surface area contributed by atoms with Crippen LogP contribution in [-0.4, -0.2) is 32.4 Å². The number of aromatic nitrogens is 2. The van der Waals surface area contributed by atoms with Crippen LogP contribution in [0.25, 0.3) is 10.9 Å². The van der Waals surface area contributed by atoms with Crippen molar-refractivity contribution >= 4 is 38.8 Å². The molecular weight excluding hydrogens is 340 g/mol. The quantitative estimate of drug-likeness (QED) is 0.857. The first kappa shape index (κ1) is 15.5. The van der Waals surface area contributed by atoms with Gasteiger partial charge in [0.1, 0.15) is 12.1 Å². The second-order valence-corrected chi connectivity index (χ2v) is 6.48. The fourth-order valence-electron chi connectivity index (χ4n) is 1.88. The van der Waals surface area contributed by atoms with E-state index in [0.29, 0.717) is 10.9 Å². The Morgan fingerprint density at radius 3 is 2.62 bits per heavy atom. The Bertz CT molecular complexity index is 716. The molecule has 21 heavy (non-hydrogen) atoms. The molecule has 0 saturated heterocycles. The van der Waals surface area contributed by atoms with Crippen molar-refractivity contribution in [1.29, 1.82) is 0 Å². The van der Waals surface area contributed by atoms with Crippen LogP contribution in [0.4, 0.5) is 0 Å². The van der Waals surface area contributed by atoms with Gasteiger partial charge < -0.3 is 9.84 Å². The SMILES string of the molecule is CC(C)(C)OC(=O)c1nn(CC(=O)O)c2ccc(Br)cc12. The van der Waals surface area contributed by atoms with Crippen molar-refractivity contribution in [3.63, 3.8) is 0 Å². The molecule has 1 N–H and O–H groups in total. The summed E-state index contributed by atoms with van der Waals surface area (Å²) in [4.78, 5) is 23.1. The minimum atomic E-state index is -1.03. The highest BCUT2D eigenvalue weighted by molar-refractivity contribution is 9.10. The Kier molecular flexibility index (Phi) is 4.04. The Morgan fingerprint density at radius 1 is 1.38 bits per heavy atom. The van der Waals surface area contributed by atoms with Gasteiger partial charge in [-0.25, -0.2) is 4.79 Å². The number of esters is 1. The number of carboxylic acids is 1. The van der Waals surface area contributed by atoms with E-state index in [1.54, 1.807) is 39.0 Å². The Balaban J connectivity index is 2.54. The van der Waals surface area contributed by atoms with Gasteiger partial charge in [-0.15, -0.1) is 0 Å². The maximum atomic E-state index is 12.2. The van der Waals surface area contributed by atoms with Crippen molar-refractivity contribution in [1.82, 2.24) is 9.78 Å². The first-order valence-corrected chi connectivity index (χ1v) is 7.08. The summed E-state index contributed by atoms with van der Waals surface area (Å²) in [6.45, 7) is 4.96. The van der Waals surface area contributed by atoms with Crippen molar-refractivity contribution in [3.8, 4) is 0 Å². The normalized spacial score (nSPS) is 11.6. The maximum absolute atomic E-state index is 12.2. The van der Waals surface area contributed by atoms with Crippen LogP contribution in [0.3, 0.4) is 0 Å². The van der Waals surface area contributed by atoms with Crippen LogP contribution in [0.1, 0.15) is 31.3 Å². The zero-order valence-corrected chi connectivity index (χ0v) is 13.5. The van der Waals surface area contributed by atoms with Gasteiger partial charge in [0.05, 0.1) is 5.52 Å². The fourth-order valence-corrected chi connectivity index (χ4v) is 2.24. The number of carboxylic acid groups (broad SMARTS) is 1. The summed E-state index contributed by atoms with van der Waals surface area (Å²) in [6, 6.07) is 5.20. The number of carbonyl (C=O) groups is 2. The van der Waals surface area contributed by atoms with Crippen LogP contribution in [0.5, 0.6) is 0 Å². The minimum absolute atomic E-state index is 0.113. The molecule has 7 heteroatoms. The van der Waals surface area contributed by atoms with E-state index in [0.717, 1.165) is 4.47 Å². The Morgan fingerprint density at radius 2 is 2.05 bits per heavy atom. The molecule has 0 amide bonds. The number of fused-ring (bicyclic) bond motifs is 1. The first-order chi connectivity index (χ1) is 9.67. The molecule has 0 aliphatic heterocycles. The average Bonchev–Trinajstić information content (AvgIpc) is 2.64. The summed E-state index contributed by atoms with van der Waals surface area (Å²) in [7, 11) is 0. The topological polar surface area (TPSA) is 81.4 Å².